The molecule has 0 saturated heterocycles. The summed E-state index contributed by atoms with van der Waals surface area (Å²) in [6.07, 6.45) is 0. The smallest absolute Gasteiger partial charge is 0.243 e. The Labute approximate surface area is 170 Å². The van der Waals surface area contributed by atoms with E-state index in [0.717, 1.165) is 23.0 Å². The predicted molar refractivity (Wildman–Crippen MR) is 110 cm³/mol. The van der Waals surface area contributed by atoms with Crippen molar-refractivity contribution in [3.8, 4) is 12.1 Å². The highest BCUT2D eigenvalue weighted by molar-refractivity contribution is 8.04. The molecule has 0 radical (unpaired) electrons. The highest BCUT2D eigenvalue weighted by Gasteiger charge is 2.45. The van der Waals surface area contributed by atoms with Crippen LogP contribution in [0.25, 0.3) is 0 Å². The summed E-state index contributed by atoms with van der Waals surface area (Å²) >= 11 is 1.12. The number of carbonyl (C=O) groups excluding carboxylic acids is 2. The van der Waals surface area contributed by atoms with Gasteiger partial charge in [-0.25, -0.2) is 0 Å². The van der Waals surface area contributed by atoms with Crippen molar-refractivity contribution in [1.82, 2.24) is 5.32 Å². The molecule has 0 unspecified atom stereocenters. The van der Waals surface area contributed by atoms with Crippen LogP contribution in [0.2, 0.25) is 0 Å². The van der Waals surface area contributed by atoms with E-state index in [9.17, 15) is 20.1 Å². The van der Waals surface area contributed by atoms with Crippen LogP contribution in [0.15, 0.2) is 34.9 Å². The van der Waals surface area contributed by atoms with E-state index in [1.165, 1.54) is 0 Å². The average molecular weight is 397 g/mol. The molecular formula is C21H24N4O2S. The van der Waals surface area contributed by atoms with Gasteiger partial charge >= 0.3 is 0 Å². The number of nitrogens with one attached hydrogen (secondary N) is 2. The first kappa shape index (κ1) is 21.5. The summed E-state index contributed by atoms with van der Waals surface area (Å²) in [4.78, 5) is 25.0. The molecule has 1 aliphatic rings. The lowest BCUT2D eigenvalue weighted by Gasteiger charge is -2.35. The van der Waals surface area contributed by atoms with Crippen molar-refractivity contribution in [1.29, 1.82) is 10.5 Å². The minimum Gasteiger partial charge on any atom is -0.325 e. The van der Waals surface area contributed by atoms with Crippen LogP contribution in [0.4, 0.5) is 5.69 Å². The third-order valence-corrected chi connectivity index (χ3v) is 5.95. The third kappa shape index (κ3) is 4.21. The monoisotopic (exact) mass is 396 g/mol. The van der Waals surface area contributed by atoms with E-state index in [4.69, 9.17) is 0 Å². The molecule has 2 amide bonds. The number of rotatable bonds is 5. The van der Waals surface area contributed by atoms with Gasteiger partial charge in [0.1, 0.15) is 5.92 Å². The fourth-order valence-corrected chi connectivity index (χ4v) is 4.20. The lowest BCUT2D eigenvalue weighted by molar-refractivity contribution is -0.125. The normalized spacial score (nSPS) is 19.4. The van der Waals surface area contributed by atoms with Crippen LogP contribution in [0.5, 0.6) is 0 Å². The lowest BCUT2D eigenvalue weighted by atomic mass is 9.72. The van der Waals surface area contributed by atoms with Crippen molar-refractivity contribution >= 4 is 29.3 Å². The fraction of sp³-hybridized carbons (Fsp3) is 0.429. The Bertz CT molecular complexity index is 906. The molecule has 7 heteroatoms. The maximum atomic E-state index is 12.7. The minimum atomic E-state index is -0.950. The number of nitrogens with zero attached hydrogens (tertiary/aromatic N) is 2. The average Bonchev–Trinajstić information content (AvgIpc) is 2.61. The first-order valence-electron chi connectivity index (χ1n) is 9.05. The maximum Gasteiger partial charge on any atom is 0.243 e. The highest BCUT2D eigenvalue weighted by Crippen LogP contribution is 2.42. The second-order valence-corrected chi connectivity index (χ2v) is 8.93. The van der Waals surface area contributed by atoms with Gasteiger partial charge in [-0.1, -0.05) is 57.7 Å². The summed E-state index contributed by atoms with van der Waals surface area (Å²) in [5, 5.41) is 24.2. The molecule has 0 bridgehead atoms. The maximum absolute atomic E-state index is 12.7. The van der Waals surface area contributed by atoms with Gasteiger partial charge in [-0.3, -0.25) is 9.59 Å². The Morgan fingerprint density at radius 3 is 2.46 bits per heavy atom. The zero-order valence-corrected chi connectivity index (χ0v) is 17.5. The zero-order chi connectivity index (χ0) is 21.1. The van der Waals surface area contributed by atoms with Crippen LogP contribution in [0.3, 0.4) is 0 Å². The number of para-hydroxylation sites is 1. The van der Waals surface area contributed by atoms with Gasteiger partial charge in [-0.15, -0.1) is 0 Å². The molecule has 2 atom stereocenters. The van der Waals surface area contributed by atoms with E-state index >= 15 is 0 Å². The van der Waals surface area contributed by atoms with Crippen LogP contribution >= 0.6 is 11.8 Å². The highest BCUT2D eigenvalue weighted by atomic mass is 32.2. The van der Waals surface area contributed by atoms with Crippen molar-refractivity contribution < 1.29 is 9.59 Å². The Morgan fingerprint density at radius 2 is 1.89 bits per heavy atom. The van der Waals surface area contributed by atoms with Gasteiger partial charge < -0.3 is 10.6 Å². The summed E-state index contributed by atoms with van der Waals surface area (Å²) in [6, 6.07) is 11.7. The molecule has 0 aromatic heterocycles. The van der Waals surface area contributed by atoms with Gasteiger partial charge in [0.15, 0.2) is 0 Å². The van der Waals surface area contributed by atoms with E-state index in [0.29, 0.717) is 10.6 Å². The third-order valence-electron chi connectivity index (χ3n) is 4.84. The molecule has 2 N–H and O–H groups in total. The number of anilines is 1. The number of allylic oxidation sites excluding steroid dienone is 1. The van der Waals surface area contributed by atoms with Crippen LogP contribution in [-0.4, -0.2) is 17.1 Å². The molecule has 1 heterocycles. The number of hydrogen-bond donors (Lipinski definition) is 2. The molecule has 0 saturated carbocycles. The van der Waals surface area contributed by atoms with Gasteiger partial charge in [-0.05, 0) is 24.5 Å². The Kier molecular flexibility index (Phi) is 6.53. The fourth-order valence-electron chi connectivity index (χ4n) is 3.09. The molecule has 6 nitrogen and oxygen atoms in total. The Morgan fingerprint density at radius 1 is 1.25 bits per heavy atom. The minimum absolute atomic E-state index is 0.225. The van der Waals surface area contributed by atoms with E-state index < -0.39 is 22.5 Å². The first-order valence-corrected chi connectivity index (χ1v) is 9.93. The summed E-state index contributed by atoms with van der Waals surface area (Å²) in [7, 11) is 0. The summed E-state index contributed by atoms with van der Waals surface area (Å²) in [5.74, 6) is -1.37. The summed E-state index contributed by atoms with van der Waals surface area (Å²) in [6.45, 7) is 9.22. The first-order chi connectivity index (χ1) is 13.1. The largest absolute Gasteiger partial charge is 0.325 e. The SMILES string of the molecule is CC(C)c1ccccc1NC(=O)[C@@H](C)SC1=C(C#N)C(C)(C)[C@@H](C#N)C(=O)N1. The van der Waals surface area contributed by atoms with Crippen LogP contribution in [-0.2, 0) is 9.59 Å². The van der Waals surface area contributed by atoms with Crippen molar-refractivity contribution in [3.05, 3.63) is 40.4 Å². The molecule has 146 valence electrons. The molecular weight excluding hydrogens is 372 g/mol. The molecule has 0 aliphatic carbocycles. The molecule has 1 aliphatic heterocycles. The molecule has 1 aromatic rings. The number of carbonyl (C=O) groups is 2. The Hall–Kier alpha value is -2.77. The topological polar surface area (TPSA) is 106 Å². The van der Waals surface area contributed by atoms with Gasteiger partial charge in [-0.2, -0.15) is 10.5 Å². The van der Waals surface area contributed by atoms with Gasteiger partial charge in [0.05, 0.1) is 28.0 Å². The zero-order valence-electron chi connectivity index (χ0n) is 16.7. The number of benzene rings is 1. The molecule has 28 heavy (non-hydrogen) atoms. The van der Waals surface area contributed by atoms with Crippen molar-refractivity contribution in [2.75, 3.05) is 5.32 Å². The number of thioether (sulfide) groups is 1. The second kappa shape index (κ2) is 8.50. The Balaban J connectivity index is 2.24. The molecule has 0 spiro atoms. The van der Waals surface area contributed by atoms with Crippen molar-refractivity contribution in [2.45, 2.75) is 45.8 Å². The standard InChI is InChI=1S/C21H24N4O2S/c1-12(2)14-8-6-7-9-17(14)24-18(26)13(3)28-20-16(11-23)21(4,5)15(10-22)19(27)25-20/h6-9,12-13,15H,1-5H3,(H,24,26)(H,25,27)/t13-,15+/m1/s1. The van der Waals surface area contributed by atoms with E-state index in [2.05, 4.69) is 30.6 Å². The van der Waals surface area contributed by atoms with Gasteiger partial charge in [0, 0.05) is 11.1 Å². The van der Waals surface area contributed by atoms with Crippen LogP contribution in [0, 0.1) is 34.0 Å². The quantitative estimate of drug-likeness (QED) is 0.785. The summed E-state index contributed by atoms with van der Waals surface area (Å²) < 4.78 is 0. The van der Waals surface area contributed by atoms with Crippen LogP contribution in [0.1, 0.15) is 46.1 Å². The van der Waals surface area contributed by atoms with Gasteiger partial charge in [0.2, 0.25) is 11.8 Å². The van der Waals surface area contributed by atoms with E-state index in [-0.39, 0.29) is 11.8 Å². The second-order valence-electron chi connectivity index (χ2n) is 7.58. The molecule has 0 fully saturated rings. The number of hydrogen-bond acceptors (Lipinski definition) is 5. The van der Waals surface area contributed by atoms with E-state index in [1.54, 1.807) is 20.8 Å². The van der Waals surface area contributed by atoms with E-state index in [1.807, 2.05) is 30.3 Å². The summed E-state index contributed by atoms with van der Waals surface area (Å²) in [5.41, 5.74) is 1.18. The lowest BCUT2D eigenvalue weighted by Crippen LogP contribution is -2.45. The van der Waals surface area contributed by atoms with Crippen molar-refractivity contribution in [2.24, 2.45) is 11.3 Å². The van der Waals surface area contributed by atoms with Crippen molar-refractivity contribution in [3.63, 3.8) is 0 Å². The van der Waals surface area contributed by atoms with Crippen LogP contribution < -0.4 is 10.6 Å². The van der Waals surface area contributed by atoms with Gasteiger partial charge in [0.25, 0.3) is 0 Å². The number of amides is 2. The molecule has 1 aromatic carbocycles. The number of nitriles is 2. The predicted octanol–water partition coefficient (Wildman–Crippen LogP) is 3.90. The molecule has 2 rings (SSSR count).